The molecule has 0 aromatic heterocycles. The number of hydrogen-bond acceptors (Lipinski definition) is 1. The zero-order chi connectivity index (χ0) is 14.5. The van der Waals surface area contributed by atoms with E-state index in [0.717, 1.165) is 5.56 Å². The number of rotatable bonds is 5. The molecule has 0 heterocycles. The van der Waals surface area contributed by atoms with Crippen molar-refractivity contribution in [3.8, 4) is 0 Å². The Bertz CT molecular complexity index is 731. The molecule has 0 aliphatic heterocycles. The Morgan fingerprint density at radius 3 is 2.33 bits per heavy atom. The second-order valence-corrected chi connectivity index (χ2v) is 5.06. The third-order valence-corrected chi connectivity index (χ3v) is 3.59. The second kappa shape index (κ2) is 6.38. The van der Waals surface area contributed by atoms with Crippen LogP contribution >= 0.6 is 0 Å². The number of fused-ring (bicyclic) bond motifs is 1. The average molecular weight is 274 g/mol. The van der Waals surface area contributed by atoms with E-state index < -0.39 is 0 Å². The molecule has 104 valence electrons. The maximum absolute atomic E-state index is 5.99. The fourth-order valence-corrected chi connectivity index (χ4v) is 2.45. The van der Waals surface area contributed by atoms with E-state index in [0.29, 0.717) is 6.61 Å². The molecule has 21 heavy (non-hydrogen) atoms. The van der Waals surface area contributed by atoms with E-state index in [9.17, 15) is 0 Å². The van der Waals surface area contributed by atoms with E-state index in [1.54, 1.807) is 0 Å². The van der Waals surface area contributed by atoms with E-state index in [-0.39, 0.29) is 6.10 Å². The molecular weight excluding hydrogens is 256 g/mol. The van der Waals surface area contributed by atoms with Crippen LogP contribution in [0, 0.1) is 0 Å². The molecule has 1 heteroatoms. The summed E-state index contributed by atoms with van der Waals surface area (Å²) in [5, 5.41) is 2.47. The van der Waals surface area contributed by atoms with Crippen LogP contribution in [0.15, 0.2) is 85.5 Å². The van der Waals surface area contributed by atoms with Gasteiger partial charge in [0.25, 0.3) is 0 Å². The van der Waals surface area contributed by atoms with Crippen molar-refractivity contribution in [1.29, 1.82) is 0 Å². The Kier molecular flexibility index (Phi) is 4.13. The van der Waals surface area contributed by atoms with Crippen LogP contribution in [0.4, 0.5) is 0 Å². The van der Waals surface area contributed by atoms with E-state index >= 15 is 0 Å². The number of hydrogen-bond donors (Lipinski definition) is 0. The van der Waals surface area contributed by atoms with Gasteiger partial charge in [0, 0.05) is 0 Å². The highest BCUT2D eigenvalue weighted by Crippen LogP contribution is 2.24. The molecule has 0 bridgehead atoms. The highest BCUT2D eigenvalue weighted by molar-refractivity contribution is 5.83. The number of ether oxygens (including phenoxy) is 1. The summed E-state index contributed by atoms with van der Waals surface area (Å²) >= 11 is 0. The van der Waals surface area contributed by atoms with Gasteiger partial charge in [0.1, 0.15) is 6.10 Å². The molecule has 0 aliphatic rings. The van der Waals surface area contributed by atoms with Gasteiger partial charge in [0.15, 0.2) is 0 Å². The molecule has 0 N–H and O–H groups in total. The summed E-state index contributed by atoms with van der Waals surface area (Å²) in [6.45, 7) is 4.49. The minimum Gasteiger partial charge on any atom is -0.365 e. The molecule has 0 saturated heterocycles. The van der Waals surface area contributed by atoms with Gasteiger partial charge in [-0.3, -0.25) is 0 Å². The van der Waals surface area contributed by atoms with Crippen LogP contribution in [0.3, 0.4) is 0 Å². The molecular formula is C20H18O. The fraction of sp³-hybridized carbons (Fsp3) is 0.100. The van der Waals surface area contributed by atoms with Gasteiger partial charge >= 0.3 is 0 Å². The van der Waals surface area contributed by atoms with Gasteiger partial charge in [-0.05, 0) is 28.0 Å². The lowest BCUT2D eigenvalue weighted by Gasteiger charge is -2.15. The molecule has 0 amide bonds. The Morgan fingerprint density at radius 2 is 1.57 bits per heavy atom. The molecule has 3 aromatic rings. The van der Waals surface area contributed by atoms with Crippen LogP contribution in [-0.2, 0) is 11.3 Å². The zero-order valence-electron chi connectivity index (χ0n) is 11.9. The van der Waals surface area contributed by atoms with E-state index in [1.165, 1.54) is 16.3 Å². The van der Waals surface area contributed by atoms with Gasteiger partial charge in [-0.1, -0.05) is 72.8 Å². The quantitative estimate of drug-likeness (QED) is 0.575. The molecule has 0 saturated carbocycles. The largest absolute Gasteiger partial charge is 0.365 e. The van der Waals surface area contributed by atoms with Crippen molar-refractivity contribution in [2.75, 3.05) is 0 Å². The van der Waals surface area contributed by atoms with Crippen LogP contribution < -0.4 is 0 Å². The van der Waals surface area contributed by atoms with E-state index in [1.807, 2.05) is 24.3 Å². The maximum atomic E-state index is 5.99. The summed E-state index contributed by atoms with van der Waals surface area (Å²) in [5.74, 6) is 0. The summed E-state index contributed by atoms with van der Waals surface area (Å²) in [4.78, 5) is 0. The van der Waals surface area contributed by atoms with Gasteiger partial charge in [0.2, 0.25) is 0 Å². The van der Waals surface area contributed by atoms with E-state index in [2.05, 4.69) is 61.2 Å². The van der Waals surface area contributed by atoms with Crippen molar-refractivity contribution in [2.24, 2.45) is 0 Å². The van der Waals surface area contributed by atoms with Crippen molar-refractivity contribution in [3.63, 3.8) is 0 Å². The van der Waals surface area contributed by atoms with Gasteiger partial charge in [-0.2, -0.15) is 0 Å². The van der Waals surface area contributed by atoms with Gasteiger partial charge in [-0.25, -0.2) is 0 Å². The predicted octanol–water partition coefficient (Wildman–Crippen LogP) is 5.28. The van der Waals surface area contributed by atoms with Gasteiger partial charge in [-0.15, -0.1) is 6.58 Å². The molecule has 3 rings (SSSR count). The summed E-state index contributed by atoms with van der Waals surface area (Å²) in [6.07, 6.45) is 1.77. The van der Waals surface area contributed by atoms with E-state index in [4.69, 9.17) is 4.74 Å². The fourth-order valence-electron chi connectivity index (χ4n) is 2.45. The lowest BCUT2D eigenvalue weighted by Crippen LogP contribution is -2.01. The molecule has 1 unspecified atom stereocenters. The smallest absolute Gasteiger partial charge is 0.101 e. The molecule has 0 fully saturated rings. The summed E-state index contributed by atoms with van der Waals surface area (Å²) < 4.78 is 5.99. The van der Waals surface area contributed by atoms with Crippen LogP contribution in [0.25, 0.3) is 10.8 Å². The van der Waals surface area contributed by atoms with Crippen molar-refractivity contribution < 1.29 is 4.74 Å². The molecule has 1 atom stereocenters. The van der Waals surface area contributed by atoms with Gasteiger partial charge in [0.05, 0.1) is 6.61 Å². The predicted molar refractivity (Wildman–Crippen MR) is 88.1 cm³/mol. The number of benzene rings is 3. The Morgan fingerprint density at radius 1 is 0.857 bits per heavy atom. The normalized spacial score (nSPS) is 12.2. The van der Waals surface area contributed by atoms with Crippen molar-refractivity contribution >= 4 is 10.8 Å². The third kappa shape index (κ3) is 3.21. The molecule has 0 aliphatic carbocycles. The first-order valence-electron chi connectivity index (χ1n) is 7.13. The van der Waals surface area contributed by atoms with Crippen molar-refractivity contribution in [2.45, 2.75) is 12.7 Å². The minimum atomic E-state index is -0.0881. The molecule has 0 radical (unpaired) electrons. The highest BCUT2D eigenvalue weighted by Gasteiger charge is 2.08. The maximum Gasteiger partial charge on any atom is 0.101 e. The van der Waals surface area contributed by atoms with Crippen molar-refractivity contribution in [3.05, 3.63) is 96.6 Å². The lowest BCUT2D eigenvalue weighted by molar-refractivity contribution is 0.0721. The minimum absolute atomic E-state index is 0.0881. The van der Waals surface area contributed by atoms with Crippen molar-refractivity contribution in [1.82, 2.24) is 0 Å². The molecule has 0 spiro atoms. The first-order valence-corrected chi connectivity index (χ1v) is 7.13. The first-order chi connectivity index (χ1) is 10.4. The molecule has 1 nitrogen and oxygen atoms in total. The first kappa shape index (κ1) is 13.6. The summed E-state index contributed by atoms with van der Waals surface area (Å²) in [5.41, 5.74) is 2.31. The standard InChI is InChI=1S/C20H18O/c1-2-20(21-15-16-8-4-3-5-9-16)19-13-12-17-10-6-7-11-18(17)14-19/h2-14,20H,1,15H2. The topological polar surface area (TPSA) is 9.23 Å². The Balaban J connectivity index is 1.79. The van der Waals surface area contributed by atoms with Gasteiger partial charge < -0.3 is 4.74 Å². The second-order valence-electron chi connectivity index (χ2n) is 5.06. The highest BCUT2D eigenvalue weighted by atomic mass is 16.5. The Hall–Kier alpha value is -2.38. The SMILES string of the molecule is C=CC(OCc1ccccc1)c1ccc2ccccc2c1. The van der Waals surface area contributed by atoms with Crippen LogP contribution in [0.2, 0.25) is 0 Å². The zero-order valence-corrected chi connectivity index (χ0v) is 11.9. The Labute approximate surface area is 125 Å². The average Bonchev–Trinajstić information content (AvgIpc) is 2.56. The molecule has 3 aromatic carbocycles. The van der Waals surface area contributed by atoms with Crippen LogP contribution in [-0.4, -0.2) is 0 Å². The monoisotopic (exact) mass is 274 g/mol. The van der Waals surface area contributed by atoms with Crippen LogP contribution in [0.1, 0.15) is 17.2 Å². The third-order valence-electron chi connectivity index (χ3n) is 3.59. The summed E-state index contributed by atoms with van der Waals surface area (Å²) in [7, 11) is 0. The van der Waals surface area contributed by atoms with Crippen LogP contribution in [0.5, 0.6) is 0 Å². The lowest BCUT2D eigenvalue weighted by atomic mass is 10.0. The summed E-state index contributed by atoms with van der Waals surface area (Å²) in [6, 6.07) is 25.0.